The number of fused-ring (bicyclic) bond motifs is 2. The summed E-state index contributed by atoms with van der Waals surface area (Å²) < 4.78 is 45.9. The van der Waals surface area contributed by atoms with Crippen molar-refractivity contribution in [1.29, 1.82) is 0 Å². The van der Waals surface area contributed by atoms with Gasteiger partial charge in [-0.2, -0.15) is 0 Å². The maximum absolute atomic E-state index is 13.8. The number of hydrogen-bond acceptors (Lipinski definition) is 4. The van der Waals surface area contributed by atoms with Crippen LogP contribution in [0.4, 0.5) is 4.39 Å². The van der Waals surface area contributed by atoms with E-state index in [1.165, 1.54) is 31.2 Å². The van der Waals surface area contributed by atoms with Gasteiger partial charge in [-0.05, 0) is 71.5 Å². The lowest BCUT2D eigenvalue weighted by atomic mass is 9.66. The van der Waals surface area contributed by atoms with Gasteiger partial charge in [-0.3, -0.25) is 4.79 Å². The van der Waals surface area contributed by atoms with E-state index in [1.807, 2.05) is 30.3 Å². The first-order chi connectivity index (χ1) is 17.2. The first-order valence-corrected chi connectivity index (χ1v) is 13.4. The molecule has 7 heteroatoms. The van der Waals surface area contributed by atoms with Crippen LogP contribution in [0, 0.1) is 5.82 Å². The maximum Gasteiger partial charge on any atom is 0.308 e. The molecule has 0 bridgehead atoms. The zero-order valence-electron chi connectivity index (χ0n) is 19.6. The van der Waals surface area contributed by atoms with Crippen LogP contribution in [0.2, 0.25) is 5.02 Å². The van der Waals surface area contributed by atoms with Gasteiger partial charge in [0.15, 0.2) is 9.84 Å². The van der Waals surface area contributed by atoms with E-state index in [4.69, 9.17) is 16.3 Å². The molecule has 0 N–H and O–H groups in total. The first-order valence-electron chi connectivity index (χ1n) is 11.3. The van der Waals surface area contributed by atoms with E-state index in [2.05, 4.69) is 0 Å². The van der Waals surface area contributed by atoms with Gasteiger partial charge in [0.2, 0.25) is 0 Å². The molecule has 5 rings (SSSR count). The zero-order chi connectivity index (χ0) is 25.6. The minimum atomic E-state index is -3.65. The Morgan fingerprint density at radius 1 is 0.972 bits per heavy atom. The predicted octanol–water partition coefficient (Wildman–Crippen LogP) is 6.95. The highest BCUT2D eigenvalue weighted by Crippen LogP contribution is 2.57. The summed E-state index contributed by atoms with van der Waals surface area (Å²) in [6.07, 6.45) is 0. The van der Waals surface area contributed by atoms with E-state index in [9.17, 15) is 17.6 Å². The number of carbonyl (C=O) groups is 1. The molecule has 0 amide bonds. The monoisotopic (exact) mass is 520 g/mol. The Kier molecular flexibility index (Phi) is 6.18. The Morgan fingerprint density at radius 3 is 2.31 bits per heavy atom. The number of esters is 1. The van der Waals surface area contributed by atoms with Crippen LogP contribution < -0.4 is 4.74 Å². The topological polar surface area (TPSA) is 60.4 Å². The number of rotatable bonds is 5. The van der Waals surface area contributed by atoms with Crippen LogP contribution in [-0.4, -0.2) is 20.1 Å². The molecule has 0 saturated carbocycles. The Balaban J connectivity index is 1.72. The van der Waals surface area contributed by atoms with Crippen molar-refractivity contribution in [3.05, 3.63) is 112 Å². The largest absolute Gasteiger partial charge is 0.426 e. The lowest BCUT2D eigenvalue weighted by molar-refractivity contribution is -0.131. The van der Waals surface area contributed by atoms with E-state index in [0.29, 0.717) is 16.3 Å². The van der Waals surface area contributed by atoms with E-state index >= 15 is 0 Å². The second-order valence-corrected chi connectivity index (χ2v) is 11.3. The van der Waals surface area contributed by atoms with E-state index < -0.39 is 15.8 Å². The second-order valence-electron chi connectivity index (χ2n) is 8.87. The minimum Gasteiger partial charge on any atom is -0.426 e. The molecule has 1 atom stereocenters. The maximum atomic E-state index is 13.8. The molecule has 1 unspecified atom stereocenters. The molecule has 0 aliphatic heterocycles. The summed E-state index contributed by atoms with van der Waals surface area (Å²) in [5, 5.41) is 2.11. The Labute approximate surface area is 213 Å². The van der Waals surface area contributed by atoms with Gasteiger partial charge in [-0.25, -0.2) is 12.8 Å². The number of ether oxygens (including phenoxy) is 1. The predicted molar refractivity (Wildman–Crippen MR) is 140 cm³/mol. The van der Waals surface area contributed by atoms with Gasteiger partial charge in [-0.1, -0.05) is 53.6 Å². The smallest absolute Gasteiger partial charge is 0.308 e. The Bertz CT molecular complexity index is 1640. The lowest BCUT2D eigenvalue weighted by Crippen LogP contribution is -2.23. The number of allylic oxidation sites excluding steroid dienone is 1. The molecule has 4 nitrogen and oxygen atoms in total. The molecule has 0 heterocycles. The Hall–Kier alpha value is -3.48. The molecule has 4 aromatic rings. The van der Waals surface area contributed by atoms with Crippen LogP contribution in [0.25, 0.3) is 16.3 Å². The van der Waals surface area contributed by atoms with Gasteiger partial charge >= 0.3 is 5.97 Å². The fourth-order valence-electron chi connectivity index (χ4n) is 4.87. The molecule has 4 aromatic carbocycles. The van der Waals surface area contributed by atoms with Crippen LogP contribution in [-0.2, 0) is 14.6 Å². The van der Waals surface area contributed by atoms with Crippen molar-refractivity contribution in [2.24, 2.45) is 0 Å². The SMILES string of the molecule is CC(=O)Oc1c2c(cc3ccccc13)/C(=C(\C)CS(=O)(=O)c1ccc(Cl)cc1)C2c1ccc(F)cc1. The molecular formula is C29H22ClFO4S. The van der Waals surface area contributed by atoms with Crippen LogP contribution in [0.1, 0.15) is 36.5 Å². The number of benzene rings is 4. The molecule has 0 saturated heterocycles. The van der Waals surface area contributed by atoms with Crippen molar-refractivity contribution < 1.29 is 22.3 Å². The fourth-order valence-corrected chi connectivity index (χ4v) is 6.44. The molecule has 36 heavy (non-hydrogen) atoms. The minimum absolute atomic E-state index is 0.184. The number of hydrogen-bond donors (Lipinski definition) is 0. The van der Waals surface area contributed by atoms with E-state index in [1.54, 1.807) is 31.2 Å². The third kappa shape index (κ3) is 4.31. The molecule has 0 fully saturated rings. The van der Waals surface area contributed by atoms with Gasteiger partial charge in [0, 0.05) is 28.8 Å². The summed E-state index contributed by atoms with van der Waals surface area (Å²) in [7, 11) is -3.65. The number of halogens is 2. The summed E-state index contributed by atoms with van der Waals surface area (Å²) in [6.45, 7) is 3.14. The summed E-state index contributed by atoms with van der Waals surface area (Å²) in [4.78, 5) is 12.2. The van der Waals surface area contributed by atoms with Crippen LogP contribution in [0.5, 0.6) is 5.75 Å². The normalized spacial score (nSPS) is 16.3. The first kappa shape index (κ1) is 24.2. The number of carbonyl (C=O) groups excluding carboxylic acids is 1. The molecule has 1 aliphatic carbocycles. The second kappa shape index (κ2) is 9.19. The summed E-state index contributed by atoms with van der Waals surface area (Å²) in [5.74, 6) is -0.950. The van der Waals surface area contributed by atoms with E-state index in [0.717, 1.165) is 33.0 Å². The van der Waals surface area contributed by atoms with E-state index in [-0.39, 0.29) is 22.4 Å². The zero-order valence-corrected chi connectivity index (χ0v) is 21.2. The van der Waals surface area contributed by atoms with Crippen molar-refractivity contribution >= 4 is 43.8 Å². The lowest BCUT2D eigenvalue weighted by Gasteiger charge is -2.38. The van der Waals surface area contributed by atoms with Gasteiger partial charge in [0.05, 0.1) is 10.6 Å². The van der Waals surface area contributed by atoms with Gasteiger partial charge in [0.1, 0.15) is 11.6 Å². The summed E-state index contributed by atoms with van der Waals surface area (Å²) >= 11 is 5.94. The molecule has 0 aromatic heterocycles. The van der Waals surface area contributed by atoms with Crippen LogP contribution in [0.15, 0.2) is 89.3 Å². The van der Waals surface area contributed by atoms with Crippen LogP contribution >= 0.6 is 11.6 Å². The van der Waals surface area contributed by atoms with Gasteiger partial charge in [-0.15, -0.1) is 0 Å². The third-order valence-electron chi connectivity index (χ3n) is 6.40. The summed E-state index contributed by atoms with van der Waals surface area (Å²) in [6, 6.07) is 21.7. The third-order valence-corrected chi connectivity index (χ3v) is 8.45. The highest BCUT2D eigenvalue weighted by molar-refractivity contribution is 7.91. The average Bonchev–Trinajstić information content (AvgIpc) is 2.81. The van der Waals surface area contributed by atoms with Crippen molar-refractivity contribution in [2.75, 3.05) is 5.75 Å². The molecule has 0 spiro atoms. The van der Waals surface area contributed by atoms with Gasteiger partial charge < -0.3 is 4.74 Å². The van der Waals surface area contributed by atoms with Gasteiger partial charge in [0.25, 0.3) is 0 Å². The molecule has 1 aliphatic rings. The molecule has 0 radical (unpaired) electrons. The average molecular weight is 521 g/mol. The fraction of sp³-hybridized carbons (Fsp3) is 0.138. The van der Waals surface area contributed by atoms with Crippen molar-refractivity contribution in [3.8, 4) is 5.75 Å². The standard InChI is InChI=1S/C29H22ClFO4S/c1-17(16-36(33,34)23-13-9-21(30)10-14-23)26-25-15-20-5-3-4-6-24(20)29(35-18(2)32)28(25)27(26)19-7-11-22(31)12-8-19/h3-15,27H,16H2,1-2H3/b26-17-. The van der Waals surface area contributed by atoms with Crippen molar-refractivity contribution in [2.45, 2.75) is 24.7 Å². The Morgan fingerprint density at radius 2 is 1.64 bits per heavy atom. The molecular weight excluding hydrogens is 499 g/mol. The number of sulfone groups is 1. The summed E-state index contributed by atoms with van der Waals surface area (Å²) in [5.41, 5.74) is 3.88. The van der Waals surface area contributed by atoms with Crippen molar-refractivity contribution in [1.82, 2.24) is 0 Å². The highest BCUT2D eigenvalue weighted by atomic mass is 35.5. The highest BCUT2D eigenvalue weighted by Gasteiger charge is 2.40. The quantitative estimate of drug-likeness (QED) is 0.211. The molecule has 182 valence electrons. The van der Waals surface area contributed by atoms with Crippen molar-refractivity contribution in [3.63, 3.8) is 0 Å². The van der Waals surface area contributed by atoms with Crippen LogP contribution in [0.3, 0.4) is 0 Å².